The molecule has 0 spiro atoms. The molecular formula is C29H37Cl2NO2. The van der Waals surface area contributed by atoms with Gasteiger partial charge in [0.25, 0.3) is 0 Å². The minimum Gasteiger partial charge on any atom is -0.390 e. The van der Waals surface area contributed by atoms with Crippen molar-refractivity contribution in [2.24, 2.45) is 11.3 Å². The number of piperidine rings is 1. The first-order valence-electron chi connectivity index (χ1n) is 12.1. The van der Waals surface area contributed by atoms with Crippen LogP contribution in [-0.4, -0.2) is 27.6 Å². The van der Waals surface area contributed by atoms with Crippen LogP contribution in [0.3, 0.4) is 0 Å². The van der Waals surface area contributed by atoms with Crippen molar-refractivity contribution in [3.63, 3.8) is 0 Å². The molecule has 1 saturated heterocycles. The van der Waals surface area contributed by atoms with Crippen LogP contribution in [0.2, 0.25) is 10.0 Å². The number of likely N-dealkylation sites (tertiary alicyclic amines) is 1. The van der Waals surface area contributed by atoms with Crippen molar-refractivity contribution in [3.8, 4) is 0 Å². The summed E-state index contributed by atoms with van der Waals surface area (Å²) < 4.78 is 0. The molecule has 1 unspecified atom stereocenters. The average Bonchev–Trinajstić information content (AvgIpc) is 2.77. The summed E-state index contributed by atoms with van der Waals surface area (Å²) in [5.74, 6) is -0.0125. The van der Waals surface area contributed by atoms with Crippen molar-refractivity contribution in [1.82, 2.24) is 4.90 Å². The minimum absolute atomic E-state index is 0.0191. The molecule has 5 heteroatoms. The van der Waals surface area contributed by atoms with Gasteiger partial charge < -0.3 is 10.0 Å². The number of halogens is 2. The number of amides is 1. The molecule has 0 aromatic heterocycles. The number of hydrogen-bond acceptors (Lipinski definition) is 2. The second-order valence-corrected chi connectivity index (χ2v) is 11.4. The fourth-order valence-electron chi connectivity index (χ4n) is 5.51. The lowest BCUT2D eigenvalue weighted by Crippen LogP contribution is -2.59. The van der Waals surface area contributed by atoms with Gasteiger partial charge in [0.1, 0.15) is 0 Å². The Morgan fingerprint density at radius 1 is 1.18 bits per heavy atom. The van der Waals surface area contributed by atoms with Crippen LogP contribution in [0, 0.1) is 11.3 Å². The summed E-state index contributed by atoms with van der Waals surface area (Å²) in [6.07, 6.45) is 3.83. The molecule has 3 nitrogen and oxygen atoms in total. The molecule has 1 heterocycles. The molecule has 3 rings (SSSR count). The predicted octanol–water partition coefficient (Wildman–Crippen LogP) is 7.82. The third kappa shape index (κ3) is 5.37. The topological polar surface area (TPSA) is 40.5 Å². The number of hydrogen-bond donors (Lipinski definition) is 1. The fraction of sp³-hybridized carbons (Fsp3) is 0.483. The third-order valence-electron chi connectivity index (χ3n) is 7.65. The van der Waals surface area contributed by atoms with Crippen LogP contribution in [0.1, 0.15) is 77.0 Å². The molecule has 2 aromatic carbocycles. The Balaban J connectivity index is 2.27. The summed E-state index contributed by atoms with van der Waals surface area (Å²) in [5, 5.41) is 12.3. The van der Waals surface area contributed by atoms with E-state index in [1.807, 2.05) is 76.2 Å². The summed E-state index contributed by atoms with van der Waals surface area (Å²) in [7, 11) is 0. The average molecular weight is 503 g/mol. The van der Waals surface area contributed by atoms with Gasteiger partial charge >= 0.3 is 0 Å². The van der Waals surface area contributed by atoms with E-state index in [9.17, 15) is 9.90 Å². The number of carbonyl (C=O) groups is 1. The van der Waals surface area contributed by atoms with Gasteiger partial charge in [-0.1, -0.05) is 74.3 Å². The molecule has 34 heavy (non-hydrogen) atoms. The van der Waals surface area contributed by atoms with E-state index in [2.05, 4.69) is 24.5 Å². The zero-order valence-corrected chi connectivity index (χ0v) is 22.4. The molecule has 1 N–H and O–H groups in total. The van der Waals surface area contributed by atoms with E-state index in [4.69, 9.17) is 23.2 Å². The summed E-state index contributed by atoms with van der Waals surface area (Å²) in [4.78, 5) is 16.4. The van der Waals surface area contributed by atoms with Gasteiger partial charge in [-0.3, -0.25) is 4.79 Å². The third-order valence-corrected chi connectivity index (χ3v) is 8.14. The van der Waals surface area contributed by atoms with Gasteiger partial charge in [0.2, 0.25) is 5.91 Å². The molecule has 0 saturated carbocycles. The quantitative estimate of drug-likeness (QED) is 0.374. The lowest BCUT2D eigenvalue weighted by molar-refractivity contribution is -0.159. The molecule has 2 aromatic rings. The monoisotopic (exact) mass is 501 g/mol. The summed E-state index contributed by atoms with van der Waals surface area (Å²) >= 11 is 12.7. The van der Waals surface area contributed by atoms with Crippen LogP contribution < -0.4 is 0 Å². The molecule has 1 aliphatic rings. The Morgan fingerprint density at radius 2 is 1.82 bits per heavy atom. The van der Waals surface area contributed by atoms with Gasteiger partial charge in [-0.15, -0.1) is 6.58 Å². The van der Waals surface area contributed by atoms with E-state index in [-0.39, 0.29) is 29.8 Å². The number of aliphatic hydroxyl groups is 1. The van der Waals surface area contributed by atoms with E-state index >= 15 is 0 Å². The molecule has 184 valence electrons. The number of carbonyl (C=O) groups excluding carboxylic acids is 1. The van der Waals surface area contributed by atoms with Crippen molar-refractivity contribution in [3.05, 3.63) is 82.4 Å². The molecule has 0 aliphatic carbocycles. The van der Waals surface area contributed by atoms with Crippen LogP contribution in [0.5, 0.6) is 0 Å². The van der Waals surface area contributed by atoms with E-state index < -0.39 is 11.0 Å². The highest BCUT2D eigenvalue weighted by Gasteiger charge is 2.52. The van der Waals surface area contributed by atoms with Crippen molar-refractivity contribution < 1.29 is 9.90 Å². The van der Waals surface area contributed by atoms with Crippen LogP contribution >= 0.6 is 23.2 Å². The van der Waals surface area contributed by atoms with Gasteiger partial charge in [0.05, 0.1) is 17.1 Å². The summed E-state index contributed by atoms with van der Waals surface area (Å²) in [6, 6.07) is 15.4. The standard InChI is InChI=1S/C29H37Cl2NO2/c1-7-16-29(6)18-24(21-10-9-11-23(31)17-21)26(20-12-14-22(30)15-13-20)32(27(29)33)25(8-2)19(3)28(4,5)34/h7,9-15,17,19,24-26,34H,1,8,16,18H2,2-6H3/t19-,24+,25?,26+,29-/m0/s1. The maximum Gasteiger partial charge on any atom is 0.229 e. The molecule has 1 aliphatic heterocycles. The lowest BCUT2D eigenvalue weighted by Gasteiger charge is -2.54. The first kappa shape index (κ1) is 26.8. The molecule has 0 bridgehead atoms. The van der Waals surface area contributed by atoms with E-state index in [1.54, 1.807) is 0 Å². The molecule has 1 amide bonds. The van der Waals surface area contributed by atoms with Crippen molar-refractivity contribution in [2.45, 2.75) is 77.5 Å². The molecule has 5 atom stereocenters. The second kappa shape index (κ2) is 10.4. The summed E-state index contributed by atoms with van der Waals surface area (Å²) in [5.41, 5.74) is 0.587. The van der Waals surface area contributed by atoms with Gasteiger partial charge in [-0.25, -0.2) is 0 Å². The second-order valence-electron chi connectivity index (χ2n) is 10.5. The highest BCUT2D eigenvalue weighted by atomic mass is 35.5. The Labute approximate surface area is 214 Å². The van der Waals surface area contributed by atoms with E-state index in [0.29, 0.717) is 22.9 Å². The van der Waals surface area contributed by atoms with Gasteiger partial charge in [0, 0.05) is 27.9 Å². The van der Waals surface area contributed by atoms with Crippen molar-refractivity contribution in [2.75, 3.05) is 0 Å². The molecular weight excluding hydrogens is 465 g/mol. The summed E-state index contributed by atoms with van der Waals surface area (Å²) in [6.45, 7) is 13.8. The normalized spacial score (nSPS) is 25.2. The van der Waals surface area contributed by atoms with Gasteiger partial charge in [-0.05, 0) is 68.5 Å². The van der Waals surface area contributed by atoms with E-state index in [1.165, 1.54) is 0 Å². The SMILES string of the molecule is C=CC[C@@]1(C)C[C@H](c2cccc(Cl)c2)[C@@H](c2ccc(Cl)cc2)N(C(CC)[C@H](C)C(C)(C)O)C1=O. The number of benzene rings is 2. The zero-order valence-electron chi connectivity index (χ0n) is 20.9. The minimum atomic E-state index is -0.941. The van der Waals surface area contributed by atoms with Crippen LogP contribution in [0.15, 0.2) is 61.2 Å². The van der Waals surface area contributed by atoms with Crippen LogP contribution in [0.4, 0.5) is 0 Å². The van der Waals surface area contributed by atoms with E-state index in [0.717, 1.165) is 17.5 Å². The van der Waals surface area contributed by atoms with Gasteiger partial charge in [0.15, 0.2) is 0 Å². The Hall–Kier alpha value is -1.81. The number of rotatable bonds is 8. The molecule has 1 fully saturated rings. The Kier molecular flexibility index (Phi) is 8.22. The zero-order chi connectivity index (χ0) is 25.3. The Bertz CT molecular complexity index is 1010. The highest BCUT2D eigenvalue weighted by molar-refractivity contribution is 6.30. The smallest absolute Gasteiger partial charge is 0.229 e. The molecule has 0 radical (unpaired) electrons. The van der Waals surface area contributed by atoms with Crippen molar-refractivity contribution in [1.29, 1.82) is 0 Å². The van der Waals surface area contributed by atoms with Gasteiger partial charge in [-0.2, -0.15) is 0 Å². The van der Waals surface area contributed by atoms with Crippen molar-refractivity contribution >= 4 is 29.1 Å². The Morgan fingerprint density at radius 3 is 2.35 bits per heavy atom. The lowest BCUT2D eigenvalue weighted by atomic mass is 9.66. The predicted molar refractivity (Wildman–Crippen MR) is 142 cm³/mol. The van der Waals surface area contributed by atoms with Crippen LogP contribution in [0.25, 0.3) is 0 Å². The first-order chi connectivity index (χ1) is 15.9. The maximum absolute atomic E-state index is 14.3. The largest absolute Gasteiger partial charge is 0.390 e. The van der Waals surface area contributed by atoms with Crippen LogP contribution in [-0.2, 0) is 4.79 Å². The maximum atomic E-state index is 14.3. The highest BCUT2D eigenvalue weighted by Crippen LogP contribution is 2.53. The number of nitrogens with zero attached hydrogens (tertiary/aromatic N) is 1. The first-order valence-corrected chi connectivity index (χ1v) is 12.9. The fourth-order valence-corrected chi connectivity index (χ4v) is 5.84. The number of allylic oxidation sites excluding steroid dienone is 1.